The van der Waals surface area contributed by atoms with Gasteiger partial charge in [0.25, 0.3) is 0 Å². The van der Waals surface area contributed by atoms with Crippen molar-refractivity contribution >= 4 is 17.7 Å². The van der Waals surface area contributed by atoms with Crippen LogP contribution in [0.5, 0.6) is 0 Å². The summed E-state index contributed by atoms with van der Waals surface area (Å²) in [6, 6.07) is 4.69. The second-order valence-corrected chi connectivity index (χ2v) is 2.89. The van der Waals surface area contributed by atoms with Crippen LogP contribution in [0.3, 0.4) is 0 Å². The Morgan fingerprint density at radius 3 is 2.83 bits per heavy atom. The fraction of sp³-hybridized carbons (Fsp3) is 0.200. The number of hydrogen-bond donors (Lipinski definition) is 0. The van der Waals surface area contributed by atoms with Crippen LogP contribution in [0, 0.1) is 5.82 Å². The number of allylic oxidation sites excluding steroid dienone is 1. The summed E-state index contributed by atoms with van der Waals surface area (Å²) < 4.78 is 12.7. The van der Waals surface area contributed by atoms with Crippen molar-refractivity contribution < 1.29 is 4.39 Å². The second-order valence-electron chi connectivity index (χ2n) is 2.48. The summed E-state index contributed by atoms with van der Waals surface area (Å²) in [5.74, 6) is -0.370. The molecule has 0 nitrogen and oxygen atoms in total. The van der Waals surface area contributed by atoms with Gasteiger partial charge in [-0.1, -0.05) is 36.7 Å². The maximum Gasteiger partial charge on any atom is 0.141 e. The summed E-state index contributed by atoms with van der Waals surface area (Å²) in [6.45, 7) is 2.04. The minimum atomic E-state index is -0.370. The Labute approximate surface area is 76.7 Å². The molecule has 0 aliphatic rings. The molecule has 0 saturated heterocycles. The van der Waals surface area contributed by atoms with Gasteiger partial charge in [-0.3, -0.25) is 0 Å². The van der Waals surface area contributed by atoms with Gasteiger partial charge in [0.1, 0.15) is 5.82 Å². The molecular weight excluding hydrogens is 175 g/mol. The Bertz CT molecular complexity index is 292. The molecule has 0 N–H and O–H groups in total. The standard InChI is InChI=1S/C10H10ClF/c1-2-3-4-8-5-6-10(12)9(11)7-8/h3-7H,2H2,1H3/b4-3+. The fourth-order valence-electron chi connectivity index (χ4n) is 0.870. The van der Waals surface area contributed by atoms with Crippen molar-refractivity contribution in [2.75, 3.05) is 0 Å². The summed E-state index contributed by atoms with van der Waals surface area (Å²) in [7, 11) is 0. The third kappa shape index (κ3) is 2.35. The average Bonchev–Trinajstić information content (AvgIpc) is 2.07. The first-order chi connectivity index (χ1) is 5.74. The topological polar surface area (TPSA) is 0 Å². The molecule has 2 heteroatoms. The number of halogens is 2. The van der Waals surface area contributed by atoms with E-state index in [4.69, 9.17) is 11.6 Å². The Morgan fingerprint density at radius 2 is 2.25 bits per heavy atom. The Balaban J connectivity index is 2.89. The largest absolute Gasteiger partial charge is 0.205 e. The van der Waals surface area contributed by atoms with Crippen LogP contribution >= 0.6 is 11.6 Å². The number of rotatable bonds is 2. The van der Waals surface area contributed by atoms with Crippen molar-refractivity contribution in [2.45, 2.75) is 13.3 Å². The van der Waals surface area contributed by atoms with Gasteiger partial charge in [0, 0.05) is 0 Å². The number of hydrogen-bond acceptors (Lipinski definition) is 0. The van der Waals surface area contributed by atoms with Crippen LogP contribution < -0.4 is 0 Å². The zero-order chi connectivity index (χ0) is 8.97. The first-order valence-electron chi connectivity index (χ1n) is 3.85. The minimum absolute atomic E-state index is 0.174. The van der Waals surface area contributed by atoms with Gasteiger partial charge in [0.15, 0.2) is 0 Å². The van der Waals surface area contributed by atoms with E-state index in [1.54, 1.807) is 12.1 Å². The third-order valence-electron chi connectivity index (χ3n) is 1.49. The molecule has 0 radical (unpaired) electrons. The van der Waals surface area contributed by atoms with Gasteiger partial charge in [-0.05, 0) is 24.1 Å². The number of benzene rings is 1. The molecule has 0 aliphatic heterocycles. The highest BCUT2D eigenvalue weighted by Gasteiger charge is 1.97. The highest BCUT2D eigenvalue weighted by atomic mass is 35.5. The first kappa shape index (κ1) is 9.27. The third-order valence-corrected chi connectivity index (χ3v) is 1.78. The predicted octanol–water partition coefficient (Wildman–Crippen LogP) is 3.90. The molecule has 1 aromatic rings. The van der Waals surface area contributed by atoms with Crippen molar-refractivity contribution in [2.24, 2.45) is 0 Å². The lowest BCUT2D eigenvalue weighted by atomic mass is 10.2. The molecule has 64 valence electrons. The average molecular weight is 185 g/mol. The van der Waals surface area contributed by atoms with Gasteiger partial charge >= 0.3 is 0 Å². The molecule has 0 saturated carbocycles. The molecule has 0 heterocycles. The Morgan fingerprint density at radius 1 is 1.50 bits per heavy atom. The summed E-state index contributed by atoms with van der Waals surface area (Å²) in [6.07, 6.45) is 4.89. The van der Waals surface area contributed by atoms with Crippen molar-refractivity contribution in [1.29, 1.82) is 0 Å². The summed E-state index contributed by atoms with van der Waals surface area (Å²) >= 11 is 5.58. The molecule has 0 spiro atoms. The van der Waals surface area contributed by atoms with Gasteiger partial charge < -0.3 is 0 Å². The molecule has 1 rings (SSSR count). The van der Waals surface area contributed by atoms with E-state index in [2.05, 4.69) is 0 Å². The van der Waals surface area contributed by atoms with E-state index in [1.807, 2.05) is 19.1 Å². The zero-order valence-electron chi connectivity index (χ0n) is 6.85. The van der Waals surface area contributed by atoms with E-state index in [9.17, 15) is 4.39 Å². The van der Waals surface area contributed by atoms with Gasteiger partial charge in [-0.15, -0.1) is 0 Å². The molecule has 0 amide bonds. The van der Waals surface area contributed by atoms with E-state index in [0.717, 1.165) is 12.0 Å². The Hall–Kier alpha value is -0.820. The van der Waals surface area contributed by atoms with Crippen molar-refractivity contribution in [3.8, 4) is 0 Å². The summed E-state index contributed by atoms with van der Waals surface area (Å²) in [5.41, 5.74) is 0.934. The highest BCUT2D eigenvalue weighted by molar-refractivity contribution is 6.30. The Kier molecular flexibility index (Phi) is 3.30. The van der Waals surface area contributed by atoms with Crippen LogP contribution in [0.1, 0.15) is 18.9 Å². The smallest absolute Gasteiger partial charge is 0.141 e. The maximum absolute atomic E-state index is 12.7. The normalized spacial score (nSPS) is 10.9. The summed E-state index contributed by atoms with van der Waals surface area (Å²) in [4.78, 5) is 0. The minimum Gasteiger partial charge on any atom is -0.205 e. The monoisotopic (exact) mass is 184 g/mol. The van der Waals surface area contributed by atoms with Crippen LogP contribution in [0.15, 0.2) is 24.3 Å². The van der Waals surface area contributed by atoms with Gasteiger partial charge in [0.05, 0.1) is 5.02 Å². The zero-order valence-corrected chi connectivity index (χ0v) is 7.61. The molecule has 0 aromatic heterocycles. The highest BCUT2D eigenvalue weighted by Crippen LogP contribution is 2.16. The van der Waals surface area contributed by atoms with Gasteiger partial charge in [-0.25, -0.2) is 4.39 Å². The molecule has 1 aromatic carbocycles. The lowest BCUT2D eigenvalue weighted by Gasteiger charge is -1.95. The molecular formula is C10H10ClF. The van der Waals surface area contributed by atoms with Crippen molar-refractivity contribution in [3.63, 3.8) is 0 Å². The molecule has 0 aliphatic carbocycles. The predicted molar refractivity (Wildman–Crippen MR) is 50.7 cm³/mol. The fourth-order valence-corrected chi connectivity index (χ4v) is 1.06. The maximum atomic E-state index is 12.7. The van der Waals surface area contributed by atoms with E-state index >= 15 is 0 Å². The first-order valence-corrected chi connectivity index (χ1v) is 4.23. The van der Waals surface area contributed by atoms with Crippen LogP contribution in [-0.4, -0.2) is 0 Å². The van der Waals surface area contributed by atoms with Crippen molar-refractivity contribution in [1.82, 2.24) is 0 Å². The molecule has 0 bridgehead atoms. The van der Waals surface area contributed by atoms with Crippen LogP contribution in [0.2, 0.25) is 5.02 Å². The SMILES string of the molecule is CC/C=C/c1ccc(F)c(Cl)c1. The molecule has 0 unspecified atom stereocenters. The van der Waals surface area contributed by atoms with Gasteiger partial charge in [0.2, 0.25) is 0 Å². The second kappa shape index (κ2) is 4.27. The molecule has 0 atom stereocenters. The summed E-state index contributed by atoms with van der Waals surface area (Å²) in [5, 5.41) is 0.174. The van der Waals surface area contributed by atoms with E-state index < -0.39 is 0 Å². The van der Waals surface area contributed by atoms with Crippen LogP contribution in [-0.2, 0) is 0 Å². The quantitative estimate of drug-likeness (QED) is 0.654. The van der Waals surface area contributed by atoms with Gasteiger partial charge in [-0.2, -0.15) is 0 Å². The van der Waals surface area contributed by atoms with Crippen LogP contribution in [0.25, 0.3) is 6.08 Å². The van der Waals surface area contributed by atoms with E-state index in [-0.39, 0.29) is 10.8 Å². The van der Waals surface area contributed by atoms with E-state index in [1.165, 1.54) is 6.07 Å². The molecule has 0 fully saturated rings. The van der Waals surface area contributed by atoms with Crippen molar-refractivity contribution in [3.05, 3.63) is 40.7 Å². The molecule has 12 heavy (non-hydrogen) atoms. The lowest BCUT2D eigenvalue weighted by Crippen LogP contribution is -1.77. The van der Waals surface area contributed by atoms with E-state index in [0.29, 0.717) is 0 Å². The van der Waals surface area contributed by atoms with Crippen LogP contribution in [0.4, 0.5) is 4.39 Å². The lowest BCUT2D eigenvalue weighted by molar-refractivity contribution is 0.628.